The molecule has 0 spiro atoms. The highest BCUT2D eigenvalue weighted by atomic mass is 16.2. The van der Waals surface area contributed by atoms with Gasteiger partial charge >= 0.3 is 0 Å². The number of anilines is 1. The first kappa shape index (κ1) is 15.0. The third-order valence-corrected chi connectivity index (χ3v) is 2.51. The van der Waals surface area contributed by atoms with E-state index in [4.69, 9.17) is 11.5 Å². The minimum absolute atomic E-state index is 0.0432. The predicted molar refractivity (Wildman–Crippen MR) is 74.0 cm³/mol. The van der Waals surface area contributed by atoms with Gasteiger partial charge in [0.05, 0.1) is 13.1 Å². The highest BCUT2D eigenvalue weighted by Gasteiger charge is 2.13. The minimum Gasteiger partial charge on any atom is -0.399 e. The van der Waals surface area contributed by atoms with Gasteiger partial charge in [-0.05, 0) is 24.6 Å². The summed E-state index contributed by atoms with van der Waals surface area (Å²) < 4.78 is 0. The van der Waals surface area contributed by atoms with Crippen LogP contribution in [-0.4, -0.2) is 36.3 Å². The Labute approximate surface area is 112 Å². The summed E-state index contributed by atoms with van der Waals surface area (Å²) >= 11 is 0. The molecule has 5 N–H and O–H groups in total. The zero-order valence-corrected chi connectivity index (χ0v) is 11.1. The number of nitrogens with two attached hydrogens (primary N) is 2. The summed E-state index contributed by atoms with van der Waals surface area (Å²) in [5.41, 5.74) is 12.4. The summed E-state index contributed by atoms with van der Waals surface area (Å²) in [6.07, 6.45) is 0. The second-order valence-electron chi connectivity index (χ2n) is 4.31. The van der Waals surface area contributed by atoms with Crippen molar-refractivity contribution in [1.82, 2.24) is 10.2 Å². The van der Waals surface area contributed by atoms with Crippen LogP contribution in [0.5, 0.6) is 0 Å². The number of carbonyl (C=O) groups is 2. The van der Waals surface area contributed by atoms with Crippen molar-refractivity contribution in [1.29, 1.82) is 0 Å². The van der Waals surface area contributed by atoms with Crippen molar-refractivity contribution in [2.75, 3.05) is 25.4 Å². The number of carbonyl (C=O) groups excluding carboxylic acids is 2. The Bertz CT molecular complexity index is 431. The molecule has 0 saturated carbocycles. The molecule has 0 aromatic heterocycles. The Morgan fingerprint density at radius 1 is 1.21 bits per heavy atom. The van der Waals surface area contributed by atoms with Gasteiger partial charge in [0.25, 0.3) is 0 Å². The topological polar surface area (TPSA) is 101 Å². The molecule has 1 aromatic rings. The number of nitrogens with zero attached hydrogens (tertiary/aromatic N) is 1. The van der Waals surface area contributed by atoms with E-state index < -0.39 is 5.91 Å². The maximum absolute atomic E-state index is 11.6. The van der Waals surface area contributed by atoms with Crippen molar-refractivity contribution in [3.8, 4) is 0 Å². The van der Waals surface area contributed by atoms with Gasteiger partial charge in [0.15, 0.2) is 0 Å². The lowest BCUT2D eigenvalue weighted by atomic mass is 10.2. The number of likely N-dealkylation sites (N-methyl/N-ethyl adjacent to an activating group) is 1. The van der Waals surface area contributed by atoms with Crippen molar-refractivity contribution in [2.24, 2.45) is 5.73 Å². The predicted octanol–water partition coefficient (Wildman–Crippen LogP) is -0.308. The van der Waals surface area contributed by atoms with Gasteiger partial charge in [0.1, 0.15) is 0 Å². The van der Waals surface area contributed by atoms with Gasteiger partial charge in [-0.1, -0.05) is 12.1 Å². The Kier molecular flexibility index (Phi) is 5.81. The van der Waals surface area contributed by atoms with Gasteiger partial charge in [-0.2, -0.15) is 0 Å². The van der Waals surface area contributed by atoms with Crippen LogP contribution in [0.25, 0.3) is 0 Å². The van der Waals surface area contributed by atoms with Gasteiger partial charge < -0.3 is 16.8 Å². The molecule has 19 heavy (non-hydrogen) atoms. The third kappa shape index (κ3) is 5.87. The molecule has 0 bridgehead atoms. The van der Waals surface area contributed by atoms with Crippen LogP contribution in [0, 0.1) is 0 Å². The molecule has 6 nitrogen and oxygen atoms in total. The van der Waals surface area contributed by atoms with Gasteiger partial charge in [-0.15, -0.1) is 0 Å². The largest absolute Gasteiger partial charge is 0.399 e. The van der Waals surface area contributed by atoms with E-state index in [2.05, 4.69) is 5.32 Å². The number of amides is 2. The highest BCUT2D eigenvalue weighted by Crippen LogP contribution is 2.08. The van der Waals surface area contributed by atoms with E-state index in [1.165, 1.54) is 0 Å². The molecule has 1 aromatic carbocycles. The van der Waals surface area contributed by atoms with E-state index in [0.717, 1.165) is 5.56 Å². The van der Waals surface area contributed by atoms with Gasteiger partial charge in [0, 0.05) is 18.8 Å². The summed E-state index contributed by atoms with van der Waals surface area (Å²) in [5.74, 6) is -0.584. The van der Waals surface area contributed by atoms with Crippen LogP contribution in [0.4, 0.5) is 5.69 Å². The van der Waals surface area contributed by atoms with Crippen LogP contribution < -0.4 is 16.8 Å². The molecule has 104 valence electrons. The second-order valence-corrected chi connectivity index (χ2v) is 4.31. The number of nitrogens with one attached hydrogen (secondary N) is 1. The number of rotatable bonds is 7. The normalized spacial score (nSPS) is 10.4. The average molecular weight is 264 g/mol. The van der Waals surface area contributed by atoms with E-state index in [9.17, 15) is 9.59 Å². The Morgan fingerprint density at radius 2 is 1.84 bits per heavy atom. The molecular formula is C13H20N4O2. The van der Waals surface area contributed by atoms with E-state index in [1.807, 2.05) is 19.1 Å². The molecule has 0 fully saturated rings. The SMILES string of the molecule is CCNC(=O)CN(CC(N)=O)Cc1ccc(N)cc1. The van der Waals surface area contributed by atoms with Crippen LogP contribution >= 0.6 is 0 Å². The molecule has 1 rings (SSSR count). The van der Waals surface area contributed by atoms with Crippen molar-refractivity contribution in [3.05, 3.63) is 29.8 Å². The van der Waals surface area contributed by atoms with Gasteiger partial charge in [-0.25, -0.2) is 0 Å². The molecule has 2 amide bonds. The lowest BCUT2D eigenvalue weighted by Crippen LogP contribution is -2.41. The molecule has 0 saturated heterocycles. The third-order valence-electron chi connectivity index (χ3n) is 2.51. The fourth-order valence-electron chi connectivity index (χ4n) is 1.73. The zero-order chi connectivity index (χ0) is 14.3. The first-order valence-electron chi connectivity index (χ1n) is 6.13. The molecule has 6 heteroatoms. The molecule has 0 atom stereocenters. The van der Waals surface area contributed by atoms with Gasteiger partial charge in [0.2, 0.25) is 11.8 Å². The van der Waals surface area contributed by atoms with Crippen LogP contribution in [0.2, 0.25) is 0 Å². The summed E-state index contributed by atoms with van der Waals surface area (Å²) in [5, 5.41) is 2.69. The number of benzene rings is 1. The lowest BCUT2D eigenvalue weighted by Gasteiger charge is -2.20. The first-order valence-corrected chi connectivity index (χ1v) is 6.13. The van der Waals surface area contributed by atoms with Crippen molar-refractivity contribution < 1.29 is 9.59 Å². The number of hydrogen-bond donors (Lipinski definition) is 3. The standard InChI is InChI=1S/C13H20N4O2/c1-2-16-13(19)9-17(8-12(15)18)7-10-3-5-11(14)6-4-10/h3-6H,2,7-9,14H2,1H3,(H2,15,18)(H,16,19). The van der Waals surface area contributed by atoms with Gasteiger partial charge in [-0.3, -0.25) is 14.5 Å². The van der Waals surface area contributed by atoms with Crippen LogP contribution in [0.1, 0.15) is 12.5 Å². The summed E-state index contributed by atoms with van der Waals surface area (Å²) in [7, 11) is 0. The van der Waals surface area contributed by atoms with E-state index in [1.54, 1.807) is 17.0 Å². The fraction of sp³-hybridized carbons (Fsp3) is 0.385. The Balaban J connectivity index is 2.65. The number of hydrogen-bond acceptors (Lipinski definition) is 4. The van der Waals surface area contributed by atoms with E-state index >= 15 is 0 Å². The van der Waals surface area contributed by atoms with E-state index in [-0.39, 0.29) is 19.0 Å². The second kappa shape index (κ2) is 7.38. The zero-order valence-electron chi connectivity index (χ0n) is 11.1. The smallest absolute Gasteiger partial charge is 0.234 e. The quantitative estimate of drug-likeness (QED) is 0.588. The number of primary amides is 1. The summed E-state index contributed by atoms with van der Waals surface area (Å²) in [6, 6.07) is 7.29. The average Bonchev–Trinajstić information content (AvgIpc) is 2.31. The molecule has 0 heterocycles. The minimum atomic E-state index is -0.459. The van der Waals surface area contributed by atoms with E-state index in [0.29, 0.717) is 18.8 Å². The van der Waals surface area contributed by atoms with Crippen molar-refractivity contribution in [2.45, 2.75) is 13.5 Å². The van der Waals surface area contributed by atoms with Crippen molar-refractivity contribution >= 4 is 17.5 Å². The van der Waals surface area contributed by atoms with Crippen LogP contribution in [-0.2, 0) is 16.1 Å². The first-order chi connectivity index (χ1) is 9.01. The number of nitrogen functional groups attached to an aromatic ring is 1. The molecule has 0 aliphatic rings. The lowest BCUT2D eigenvalue weighted by molar-refractivity contribution is -0.124. The molecule has 0 aliphatic heterocycles. The Hall–Kier alpha value is -2.08. The maximum Gasteiger partial charge on any atom is 0.234 e. The molecule has 0 unspecified atom stereocenters. The maximum atomic E-state index is 11.6. The summed E-state index contributed by atoms with van der Waals surface area (Å²) in [6.45, 7) is 3.06. The van der Waals surface area contributed by atoms with Crippen molar-refractivity contribution in [3.63, 3.8) is 0 Å². The van der Waals surface area contributed by atoms with Crippen LogP contribution in [0.15, 0.2) is 24.3 Å². The summed E-state index contributed by atoms with van der Waals surface area (Å²) in [4.78, 5) is 24.3. The monoisotopic (exact) mass is 264 g/mol. The Morgan fingerprint density at radius 3 is 2.37 bits per heavy atom. The van der Waals surface area contributed by atoms with Crippen LogP contribution in [0.3, 0.4) is 0 Å². The molecule has 0 radical (unpaired) electrons. The molecular weight excluding hydrogens is 244 g/mol. The highest BCUT2D eigenvalue weighted by molar-refractivity contribution is 5.80. The molecule has 0 aliphatic carbocycles. The fourth-order valence-corrected chi connectivity index (χ4v) is 1.73.